The molecule has 134 valence electrons. The van der Waals surface area contributed by atoms with Crippen molar-refractivity contribution >= 4 is 40.0 Å². The first-order valence-electron chi connectivity index (χ1n) is 7.72. The highest BCUT2D eigenvalue weighted by atomic mass is 32.1. The summed E-state index contributed by atoms with van der Waals surface area (Å²) in [6.07, 6.45) is 0. The zero-order chi connectivity index (χ0) is 19.2. The third kappa shape index (κ3) is 2.68. The van der Waals surface area contributed by atoms with Crippen LogP contribution in [0.3, 0.4) is 0 Å². The number of hydrogen-bond acceptors (Lipinski definition) is 6. The number of aryl methyl sites for hydroxylation is 1. The molecule has 1 aromatic heterocycles. The van der Waals surface area contributed by atoms with Gasteiger partial charge in [0.05, 0.1) is 23.8 Å². The van der Waals surface area contributed by atoms with Crippen LogP contribution >= 0.6 is 11.3 Å². The summed E-state index contributed by atoms with van der Waals surface area (Å²) in [5.41, 5.74) is 1.74. The monoisotopic (exact) mass is 372 g/mol. The van der Waals surface area contributed by atoms with Crippen LogP contribution in [-0.2, 0) is 4.74 Å². The van der Waals surface area contributed by atoms with Crippen LogP contribution in [0, 0.1) is 13.8 Å². The minimum atomic E-state index is -0.529. The molecule has 0 atom stereocenters. The van der Waals surface area contributed by atoms with E-state index in [9.17, 15) is 19.2 Å². The quantitative estimate of drug-likeness (QED) is 0.660. The molecule has 0 unspecified atom stereocenters. The molecule has 1 aromatic carbocycles. The summed E-state index contributed by atoms with van der Waals surface area (Å²) in [6, 6.07) is 4.32. The Morgan fingerprint density at radius 2 is 1.77 bits per heavy atom. The number of nitrogens with one attached hydrogen (secondary N) is 1. The second-order valence-corrected chi connectivity index (χ2v) is 7.09. The molecule has 0 spiro atoms. The lowest BCUT2D eigenvalue weighted by Gasteiger charge is -2.07. The Bertz CT molecular complexity index is 976. The Hall–Kier alpha value is -3.00. The fraction of sp³-hybridized carbons (Fsp3) is 0.222. The summed E-state index contributed by atoms with van der Waals surface area (Å²) < 4.78 is 4.79. The molecule has 0 bridgehead atoms. The molecule has 26 heavy (non-hydrogen) atoms. The van der Waals surface area contributed by atoms with E-state index in [0.29, 0.717) is 10.6 Å². The van der Waals surface area contributed by atoms with Crippen molar-refractivity contribution in [1.82, 2.24) is 4.90 Å². The maximum absolute atomic E-state index is 12.6. The fourth-order valence-corrected chi connectivity index (χ4v) is 3.78. The summed E-state index contributed by atoms with van der Waals surface area (Å²) in [6.45, 7) is 3.63. The first-order valence-corrected chi connectivity index (χ1v) is 8.54. The van der Waals surface area contributed by atoms with E-state index in [2.05, 4.69) is 5.32 Å². The predicted octanol–water partition coefficient (Wildman–Crippen LogP) is 2.63. The topological polar surface area (TPSA) is 92.8 Å². The van der Waals surface area contributed by atoms with Gasteiger partial charge in [-0.05, 0) is 37.6 Å². The van der Waals surface area contributed by atoms with Crippen molar-refractivity contribution in [3.05, 3.63) is 50.9 Å². The van der Waals surface area contributed by atoms with Gasteiger partial charge in [0.2, 0.25) is 0 Å². The maximum atomic E-state index is 12.6. The predicted molar refractivity (Wildman–Crippen MR) is 96.0 cm³/mol. The van der Waals surface area contributed by atoms with Crippen LogP contribution in [0.2, 0.25) is 0 Å². The highest BCUT2D eigenvalue weighted by Gasteiger charge is 2.33. The lowest BCUT2D eigenvalue weighted by molar-refractivity contribution is 0.0600. The van der Waals surface area contributed by atoms with Crippen molar-refractivity contribution in [1.29, 1.82) is 0 Å². The molecule has 0 saturated carbocycles. The number of ether oxygens (including phenoxy) is 1. The number of imide groups is 1. The van der Waals surface area contributed by atoms with Crippen LogP contribution in [0.4, 0.5) is 5.00 Å². The molecular weight excluding hydrogens is 356 g/mol. The van der Waals surface area contributed by atoms with Gasteiger partial charge in [-0.15, -0.1) is 11.3 Å². The fourth-order valence-electron chi connectivity index (χ4n) is 2.74. The van der Waals surface area contributed by atoms with E-state index < -0.39 is 23.7 Å². The second-order valence-electron chi connectivity index (χ2n) is 5.86. The molecule has 1 aliphatic heterocycles. The number of esters is 1. The summed E-state index contributed by atoms with van der Waals surface area (Å²) in [5, 5.41) is 3.09. The van der Waals surface area contributed by atoms with Gasteiger partial charge in [-0.25, -0.2) is 4.79 Å². The smallest absolute Gasteiger partial charge is 0.341 e. The number of methoxy groups -OCH3 is 1. The van der Waals surface area contributed by atoms with E-state index in [1.165, 1.54) is 43.7 Å². The van der Waals surface area contributed by atoms with Gasteiger partial charge in [0.1, 0.15) is 5.00 Å². The van der Waals surface area contributed by atoms with Crippen molar-refractivity contribution < 1.29 is 23.9 Å². The lowest BCUT2D eigenvalue weighted by Crippen LogP contribution is -2.24. The van der Waals surface area contributed by atoms with Crippen LogP contribution in [0.15, 0.2) is 18.2 Å². The third-order valence-electron chi connectivity index (χ3n) is 4.35. The summed E-state index contributed by atoms with van der Waals surface area (Å²) >= 11 is 1.27. The van der Waals surface area contributed by atoms with E-state index in [1.807, 2.05) is 6.92 Å². The van der Waals surface area contributed by atoms with Crippen molar-refractivity contribution in [2.24, 2.45) is 0 Å². The second kappa shape index (κ2) is 6.38. The van der Waals surface area contributed by atoms with E-state index in [4.69, 9.17) is 4.74 Å². The number of fused-ring (bicyclic) bond motifs is 1. The van der Waals surface area contributed by atoms with Gasteiger partial charge in [-0.3, -0.25) is 19.3 Å². The number of carbonyl (C=O) groups excluding carboxylic acids is 4. The summed E-state index contributed by atoms with van der Waals surface area (Å²) in [4.78, 5) is 50.5. The van der Waals surface area contributed by atoms with Crippen molar-refractivity contribution in [2.75, 3.05) is 19.5 Å². The number of benzene rings is 1. The van der Waals surface area contributed by atoms with Gasteiger partial charge in [-0.1, -0.05) is 0 Å². The van der Waals surface area contributed by atoms with Crippen molar-refractivity contribution in [2.45, 2.75) is 13.8 Å². The van der Waals surface area contributed by atoms with E-state index >= 15 is 0 Å². The van der Waals surface area contributed by atoms with E-state index in [-0.39, 0.29) is 16.7 Å². The largest absolute Gasteiger partial charge is 0.465 e. The van der Waals surface area contributed by atoms with Crippen LogP contribution in [0.5, 0.6) is 0 Å². The number of hydrogen-bond donors (Lipinski definition) is 1. The van der Waals surface area contributed by atoms with Gasteiger partial charge >= 0.3 is 5.97 Å². The molecule has 7 nitrogen and oxygen atoms in total. The number of thiophene rings is 1. The zero-order valence-corrected chi connectivity index (χ0v) is 15.4. The Morgan fingerprint density at radius 3 is 2.42 bits per heavy atom. The Labute approximate surface area is 153 Å². The molecule has 0 radical (unpaired) electrons. The van der Waals surface area contributed by atoms with Crippen molar-refractivity contribution in [3.63, 3.8) is 0 Å². The lowest BCUT2D eigenvalue weighted by atomic mass is 10.1. The third-order valence-corrected chi connectivity index (χ3v) is 5.48. The molecule has 2 aromatic rings. The average Bonchev–Trinajstić information content (AvgIpc) is 3.02. The summed E-state index contributed by atoms with van der Waals surface area (Å²) in [5.74, 6) is -1.85. The summed E-state index contributed by atoms with van der Waals surface area (Å²) in [7, 11) is 2.67. The zero-order valence-electron chi connectivity index (χ0n) is 14.6. The molecule has 8 heteroatoms. The molecular formula is C18H16N2O5S. The molecule has 1 aliphatic rings. The van der Waals surface area contributed by atoms with Gasteiger partial charge in [0, 0.05) is 17.5 Å². The average molecular weight is 372 g/mol. The van der Waals surface area contributed by atoms with Crippen LogP contribution in [-0.4, -0.2) is 42.7 Å². The standard InChI is InChI=1S/C18H16N2O5S/c1-8-9(2)26-15(13(8)18(24)25-4)19-14(21)10-5-6-11-12(7-10)17(23)20(3)16(11)22/h5-7H,1-4H3,(H,19,21). The van der Waals surface area contributed by atoms with Gasteiger partial charge in [0.15, 0.2) is 0 Å². The Kier molecular flexibility index (Phi) is 4.37. The van der Waals surface area contributed by atoms with E-state index in [0.717, 1.165) is 15.3 Å². The number of rotatable bonds is 3. The number of amides is 3. The highest BCUT2D eigenvalue weighted by Crippen LogP contribution is 2.33. The highest BCUT2D eigenvalue weighted by molar-refractivity contribution is 7.16. The molecule has 0 saturated heterocycles. The molecule has 2 heterocycles. The van der Waals surface area contributed by atoms with Crippen molar-refractivity contribution in [3.8, 4) is 0 Å². The molecule has 3 amide bonds. The normalized spacial score (nSPS) is 13.0. The number of anilines is 1. The van der Waals surface area contributed by atoms with Gasteiger partial charge < -0.3 is 10.1 Å². The van der Waals surface area contributed by atoms with Gasteiger partial charge in [0.25, 0.3) is 17.7 Å². The van der Waals surface area contributed by atoms with Crippen LogP contribution < -0.4 is 5.32 Å². The molecule has 0 fully saturated rings. The number of carbonyl (C=O) groups is 4. The molecule has 1 N–H and O–H groups in total. The molecule has 0 aliphatic carbocycles. The van der Waals surface area contributed by atoms with E-state index in [1.54, 1.807) is 6.92 Å². The SMILES string of the molecule is COC(=O)c1c(NC(=O)c2ccc3c(c2)C(=O)N(C)C3=O)sc(C)c1C. The Balaban J connectivity index is 1.94. The van der Waals surface area contributed by atoms with Crippen LogP contribution in [0.25, 0.3) is 0 Å². The first kappa shape index (κ1) is 17.8. The van der Waals surface area contributed by atoms with Crippen LogP contribution in [0.1, 0.15) is 51.9 Å². The minimum absolute atomic E-state index is 0.192. The van der Waals surface area contributed by atoms with Gasteiger partial charge in [-0.2, -0.15) is 0 Å². The number of nitrogens with zero attached hydrogens (tertiary/aromatic N) is 1. The molecule has 3 rings (SSSR count). The first-order chi connectivity index (χ1) is 12.3. The maximum Gasteiger partial charge on any atom is 0.341 e. The Morgan fingerprint density at radius 1 is 1.12 bits per heavy atom. The minimum Gasteiger partial charge on any atom is -0.465 e.